The van der Waals surface area contributed by atoms with Crippen LogP contribution in [-0.2, 0) is 5.41 Å². The predicted molar refractivity (Wildman–Crippen MR) is 217 cm³/mol. The maximum atomic E-state index is 2.45. The maximum Gasteiger partial charge on any atom is 0.179 e. The number of hydrogen-bond donors (Lipinski definition) is 0. The van der Waals surface area contributed by atoms with E-state index >= 15 is 0 Å². The van der Waals surface area contributed by atoms with Crippen LogP contribution in [0.4, 0.5) is 17.1 Å². The Labute approximate surface area is 296 Å². The normalized spacial score (nSPS) is 13.3. The third-order valence-corrected chi connectivity index (χ3v) is 15.8. The minimum atomic E-state index is -2.63. The van der Waals surface area contributed by atoms with Gasteiger partial charge in [-0.05, 0) is 96.7 Å². The van der Waals surface area contributed by atoms with Gasteiger partial charge in [-0.2, -0.15) is 0 Å². The molecule has 8 aromatic rings. The first-order chi connectivity index (χ1) is 24.5. The number of rotatable bonds is 7. The molecule has 240 valence electrons. The summed E-state index contributed by atoms with van der Waals surface area (Å²) in [4.78, 5) is 2.44. The Morgan fingerprint density at radius 1 is 0.400 bits per heavy atom. The number of anilines is 3. The Kier molecular flexibility index (Phi) is 7.12. The van der Waals surface area contributed by atoms with E-state index < -0.39 is 8.07 Å². The minimum absolute atomic E-state index is 0.0908. The Balaban J connectivity index is 1.26. The molecule has 0 bridgehead atoms. The van der Waals surface area contributed by atoms with Crippen molar-refractivity contribution in [1.29, 1.82) is 0 Å². The quantitative estimate of drug-likeness (QED) is 0.0937. The maximum absolute atomic E-state index is 2.63. The van der Waals surface area contributed by atoms with Crippen molar-refractivity contribution >= 4 is 67.4 Å². The van der Waals surface area contributed by atoms with Gasteiger partial charge in [0, 0.05) is 22.5 Å². The molecule has 9 rings (SSSR count). The number of nitrogens with zero attached hydrogens (tertiary/aromatic N) is 1. The summed E-state index contributed by atoms with van der Waals surface area (Å²) in [6.07, 6.45) is 0. The molecule has 0 aromatic heterocycles. The van der Waals surface area contributed by atoms with E-state index in [1.807, 2.05) is 0 Å². The van der Waals surface area contributed by atoms with E-state index in [0.717, 1.165) is 11.4 Å². The average Bonchev–Trinajstić information content (AvgIpc) is 3.40. The molecule has 0 amide bonds. The summed E-state index contributed by atoms with van der Waals surface area (Å²) < 4.78 is 0. The zero-order chi connectivity index (χ0) is 33.9. The highest BCUT2D eigenvalue weighted by atomic mass is 28.3. The highest BCUT2D eigenvalue weighted by Gasteiger charge is 2.41. The standard InChI is InChI=1S/C48H39NSi/c1-34-22-26-37(27-23-34)49(39-32-36-25-24-35-14-13-21-44-46(35)47(36)45(33-39)48(44,2)3)38-28-30-43(31-29-38)50(40-15-7-4-8-16-40,41-17-9-5-10-18-41)42-19-11-6-12-20-42/h4-33H,1-3H3. The lowest BCUT2D eigenvalue weighted by Crippen LogP contribution is -2.74. The van der Waals surface area contributed by atoms with Crippen molar-refractivity contribution in [2.75, 3.05) is 4.90 Å². The summed E-state index contributed by atoms with van der Waals surface area (Å²) in [5, 5.41) is 10.9. The summed E-state index contributed by atoms with van der Waals surface area (Å²) >= 11 is 0. The van der Waals surface area contributed by atoms with E-state index in [-0.39, 0.29) is 5.41 Å². The Hall–Kier alpha value is -5.70. The SMILES string of the molecule is Cc1ccc(N(c2ccc([Si](c3ccccc3)(c3ccccc3)c3ccccc3)cc2)c2cc3c4c(ccc5cccc(c54)C3(C)C)c2)cc1. The van der Waals surface area contributed by atoms with Crippen molar-refractivity contribution in [3.8, 4) is 0 Å². The van der Waals surface area contributed by atoms with Gasteiger partial charge >= 0.3 is 0 Å². The Morgan fingerprint density at radius 2 is 0.880 bits per heavy atom. The topological polar surface area (TPSA) is 3.24 Å². The van der Waals surface area contributed by atoms with Crippen LogP contribution >= 0.6 is 0 Å². The Morgan fingerprint density at radius 3 is 1.44 bits per heavy atom. The molecular weight excluding hydrogens is 619 g/mol. The first-order valence-electron chi connectivity index (χ1n) is 17.6. The van der Waals surface area contributed by atoms with Gasteiger partial charge in [-0.25, -0.2) is 0 Å². The van der Waals surface area contributed by atoms with Gasteiger partial charge in [0.2, 0.25) is 0 Å². The van der Waals surface area contributed by atoms with Crippen LogP contribution in [-0.4, -0.2) is 8.07 Å². The first kappa shape index (κ1) is 30.4. The van der Waals surface area contributed by atoms with Gasteiger partial charge in [0.25, 0.3) is 0 Å². The zero-order valence-electron chi connectivity index (χ0n) is 28.8. The first-order valence-corrected chi connectivity index (χ1v) is 19.6. The van der Waals surface area contributed by atoms with Crippen molar-refractivity contribution in [3.63, 3.8) is 0 Å². The van der Waals surface area contributed by atoms with E-state index in [2.05, 4.69) is 208 Å². The molecule has 0 heterocycles. The van der Waals surface area contributed by atoms with Crippen molar-refractivity contribution in [2.24, 2.45) is 0 Å². The van der Waals surface area contributed by atoms with Crippen LogP contribution in [0.3, 0.4) is 0 Å². The molecule has 2 heteroatoms. The molecule has 0 N–H and O–H groups in total. The van der Waals surface area contributed by atoms with Crippen LogP contribution in [0, 0.1) is 6.92 Å². The molecule has 1 aliphatic rings. The van der Waals surface area contributed by atoms with Gasteiger partial charge in [-0.3, -0.25) is 0 Å². The molecule has 0 atom stereocenters. The number of aryl methyl sites for hydroxylation is 1. The van der Waals surface area contributed by atoms with Crippen LogP contribution < -0.4 is 25.6 Å². The van der Waals surface area contributed by atoms with Gasteiger partial charge in [0.1, 0.15) is 0 Å². The Bertz CT molecular complexity index is 2390. The number of hydrogen-bond acceptors (Lipinski definition) is 1. The molecule has 8 aromatic carbocycles. The fourth-order valence-corrected chi connectivity index (χ4v) is 13.3. The lowest BCUT2D eigenvalue weighted by molar-refractivity contribution is 0.663. The summed E-state index contributed by atoms with van der Waals surface area (Å²) in [5.74, 6) is 0. The molecule has 1 nitrogen and oxygen atoms in total. The van der Waals surface area contributed by atoms with Crippen LogP contribution in [0.15, 0.2) is 182 Å². The van der Waals surface area contributed by atoms with Crippen LogP contribution in [0.25, 0.3) is 21.5 Å². The van der Waals surface area contributed by atoms with Gasteiger partial charge in [-0.1, -0.05) is 165 Å². The van der Waals surface area contributed by atoms with Gasteiger partial charge in [-0.15, -0.1) is 0 Å². The second-order valence-electron chi connectivity index (χ2n) is 14.3. The van der Waals surface area contributed by atoms with Crippen LogP contribution in [0.1, 0.15) is 30.5 Å². The third kappa shape index (κ3) is 4.59. The molecule has 0 radical (unpaired) electrons. The average molecular weight is 658 g/mol. The fraction of sp³-hybridized carbons (Fsp3) is 0.0833. The summed E-state index contributed by atoms with van der Waals surface area (Å²) in [7, 11) is -2.63. The second-order valence-corrected chi connectivity index (χ2v) is 18.1. The van der Waals surface area contributed by atoms with Crippen molar-refractivity contribution in [2.45, 2.75) is 26.2 Å². The summed E-state index contributed by atoms with van der Waals surface area (Å²) in [6, 6.07) is 68.1. The molecule has 1 aliphatic carbocycles. The van der Waals surface area contributed by atoms with E-state index in [1.165, 1.54) is 64.7 Å². The van der Waals surface area contributed by atoms with Gasteiger partial charge in [0.05, 0.1) is 0 Å². The second kappa shape index (κ2) is 11.7. The van der Waals surface area contributed by atoms with Crippen molar-refractivity contribution < 1.29 is 0 Å². The molecule has 50 heavy (non-hydrogen) atoms. The van der Waals surface area contributed by atoms with Crippen molar-refractivity contribution in [3.05, 3.63) is 199 Å². The van der Waals surface area contributed by atoms with Crippen LogP contribution in [0.5, 0.6) is 0 Å². The fourth-order valence-electron chi connectivity index (χ4n) is 8.58. The molecule has 0 saturated carbocycles. The molecular formula is C48H39NSi. The summed E-state index contributed by atoms with van der Waals surface area (Å²) in [5.41, 5.74) is 7.47. The van der Waals surface area contributed by atoms with E-state index in [0.29, 0.717) is 0 Å². The van der Waals surface area contributed by atoms with E-state index in [1.54, 1.807) is 0 Å². The molecule has 0 aliphatic heterocycles. The monoisotopic (exact) mass is 657 g/mol. The third-order valence-electron chi connectivity index (χ3n) is 11.0. The lowest BCUT2D eigenvalue weighted by Gasteiger charge is -2.35. The summed E-state index contributed by atoms with van der Waals surface area (Å²) in [6.45, 7) is 6.92. The zero-order valence-corrected chi connectivity index (χ0v) is 29.8. The van der Waals surface area contributed by atoms with Crippen LogP contribution in [0.2, 0.25) is 0 Å². The minimum Gasteiger partial charge on any atom is -0.310 e. The van der Waals surface area contributed by atoms with Gasteiger partial charge in [0.15, 0.2) is 8.07 Å². The molecule has 0 saturated heterocycles. The lowest BCUT2D eigenvalue weighted by atomic mass is 9.81. The van der Waals surface area contributed by atoms with E-state index in [9.17, 15) is 0 Å². The largest absolute Gasteiger partial charge is 0.310 e. The highest BCUT2D eigenvalue weighted by molar-refractivity contribution is 7.19. The predicted octanol–water partition coefficient (Wildman–Crippen LogP) is 9.79. The van der Waals surface area contributed by atoms with Gasteiger partial charge < -0.3 is 4.90 Å². The highest BCUT2D eigenvalue weighted by Crippen LogP contribution is 2.51. The molecule has 0 unspecified atom stereocenters. The molecule has 0 spiro atoms. The van der Waals surface area contributed by atoms with Crippen molar-refractivity contribution in [1.82, 2.24) is 0 Å². The van der Waals surface area contributed by atoms with E-state index in [4.69, 9.17) is 0 Å². The molecule has 0 fully saturated rings. The number of benzene rings is 8. The smallest absolute Gasteiger partial charge is 0.179 e.